The molecule has 0 radical (unpaired) electrons. The molecular formula is C13H20O5. The molecule has 1 aromatic carbocycles. The normalized spacial score (nSPS) is 10.1. The molecule has 0 aromatic heterocycles. The van der Waals surface area contributed by atoms with Gasteiger partial charge in [-0.25, -0.2) is 0 Å². The van der Waals surface area contributed by atoms with Crippen molar-refractivity contribution in [3.63, 3.8) is 0 Å². The topological polar surface area (TPSA) is 57.2 Å². The van der Waals surface area contributed by atoms with E-state index in [2.05, 4.69) is 0 Å². The Hall–Kier alpha value is -1.62. The number of hydrogen-bond acceptors (Lipinski definition) is 5. The second-order valence-electron chi connectivity index (χ2n) is 3.71. The summed E-state index contributed by atoms with van der Waals surface area (Å²) in [6.45, 7) is 1.92. The molecule has 1 rings (SSSR count). The van der Waals surface area contributed by atoms with Crippen LogP contribution in [0.5, 0.6) is 23.0 Å². The Morgan fingerprint density at radius 2 is 1.22 bits per heavy atom. The number of hydrogen-bond donors (Lipinski definition) is 1. The number of methoxy groups -OCH3 is 4. The maximum atomic E-state index is 9.15. The Kier molecular flexibility index (Phi) is 5.09. The first-order valence-electron chi connectivity index (χ1n) is 5.62. The summed E-state index contributed by atoms with van der Waals surface area (Å²) in [5, 5.41) is 9.15. The maximum Gasteiger partial charge on any atom is 0.207 e. The van der Waals surface area contributed by atoms with Crippen molar-refractivity contribution >= 4 is 0 Å². The predicted octanol–water partition coefficient (Wildman–Crippen LogP) is 1.56. The third-order valence-electron chi connectivity index (χ3n) is 2.86. The van der Waals surface area contributed by atoms with Gasteiger partial charge in [0, 0.05) is 17.7 Å². The third kappa shape index (κ3) is 2.31. The SMILES string of the molecule is COc1c(C)c(CCO)c(OC)c(OC)c1OC. The zero-order valence-electron chi connectivity index (χ0n) is 11.5. The minimum absolute atomic E-state index is 0.0236. The van der Waals surface area contributed by atoms with Crippen LogP contribution < -0.4 is 18.9 Å². The van der Waals surface area contributed by atoms with Gasteiger partial charge in [-0.2, -0.15) is 0 Å². The highest BCUT2D eigenvalue weighted by Gasteiger charge is 2.24. The zero-order valence-corrected chi connectivity index (χ0v) is 11.5. The summed E-state index contributed by atoms with van der Waals surface area (Å²) < 4.78 is 21.4. The Bertz CT molecular complexity index is 415. The number of aliphatic hydroxyl groups excluding tert-OH is 1. The largest absolute Gasteiger partial charge is 0.492 e. The van der Waals surface area contributed by atoms with Crippen LogP contribution in [0.25, 0.3) is 0 Å². The molecule has 102 valence electrons. The van der Waals surface area contributed by atoms with E-state index in [0.29, 0.717) is 29.4 Å². The van der Waals surface area contributed by atoms with Crippen molar-refractivity contribution in [3.8, 4) is 23.0 Å². The van der Waals surface area contributed by atoms with E-state index in [1.807, 2.05) is 6.92 Å². The summed E-state index contributed by atoms with van der Waals surface area (Å²) >= 11 is 0. The van der Waals surface area contributed by atoms with Crippen molar-refractivity contribution < 1.29 is 24.1 Å². The van der Waals surface area contributed by atoms with Crippen LogP contribution >= 0.6 is 0 Å². The fourth-order valence-corrected chi connectivity index (χ4v) is 2.07. The quantitative estimate of drug-likeness (QED) is 0.837. The summed E-state index contributed by atoms with van der Waals surface area (Å²) in [4.78, 5) is 0. The second-order valence-corrected chi connectivity index (χ2v) is 3.71. The lowest BCUT2D eigenvalue weighted by Gasteiger charge is -2.21. The first kappa shape index (κ1) is 14.4. The van der Waals surface area contributed by atoms with E-state index >= 15 is 0 Å². The van der Waals surface area contributed by atoms with Crippen LogP contribution in [0.4, 0.5) is 0 Å². The fourth-order valence-electron chi connectivity index (χ4n) is 2.07. The highest BCUT2D eigenvalue weighted by Crippen LogP contribution is 2.49. The molecule has 0 aliphatic rings. The molecule has 0 aliphatic heterocycles. The molecule has 0 unspecified atom stereocenters. The van der Waals surface area contributed by atoms with E-state index in [-0.39, 0.29) is 6.61 Å². The van der Waals surface area contributed by atoms with E-state index in [1.54, 1.807) is 21.3 Å². The monoisotopic (exact) mass is 256 g/mol. The number of rotatable bonds is 6. The van der Waals surface area contributed by atoms with Crippen LogP contribution in [0.2, 0.25) is 0 Å². The van der Waals surface area contributed by atoms with Gasteiger partial charge >= 0.3 is 0 Å². The Morgan fingerprint density at radius 1 is 0.778 bits per heavy atom. The molecule has 0 amide bonds. The van der Waals surface area contributed by atoms with Crippen molar-refractivity contribution in [1.29, 1.82) is 0 Å². The molecule has 5 nitrogen and oxygen atoms in total. The molecule has 0 aliphatic carbocycles. The molecule has 0 atom stereocenters. The second kappa shape index (κ2) is 6.35. The van der Waals surface area contributed by atoms with Gasteiger partial charge in [-0.1, -0.05) is 0 Å². The predicted molar refractivity (Wildman–Crippen MR) is 68.2 cm³/mol. The highest BCUT2D eigenvalue weighted by atomic mass is 16.5. The van der Waals surface area contributed by atoms with Gasteiger partial charge in [0.1, 0.15) is 0 Å². The fraction of sp³-hybridized carbons (Fsp3) is 0.538. The van der Waals surface area contributed by atoms with Crippen molar-refractivity contribution in [2.24, 2.45) is 0 Å². The van der Waals surface area contributed by atoms with Gasteiger partial charge in [0.15, 0.2) is 11.5 Å². The Labute approximate surface area is 107 Å². The number of benzene rings is 1. The first-order chi connectivity index (χ1) is 8.65. The molecule has 0 saturated heterocycles. The average molecular weight is 256 g/mol. The third-order valence-corrected chi connectivity index (χ3v) is 2.86. The van der Waals surface area contributed by atoms with E-state index in [9.17, 15) is 0 Å². The van der Waals surface area contributed by atoms with Gasteiger partial charge in [0.25, 0.3) is 0 Å². The van der Waals surface area contributed by atoms with Crippen molar-refractivity contribution in [1.82, 2.24) is 0 Å². The Balaban J connectivity index is 3.61. The van der Waals surface area contributed by atoms with Crippen molar-refractivity contribution in [3.05, 3.63) is 11.1 Å². The summed E-state index contributed by atoms with van der Waals surface area (Å²) in [5.74, 6) is 2.14. The molecule has 0 spiro atoms. The van der Waals surface area contributed by atoms with Gasteiger partial charge in [-0.15, -0.1) is 0 Å². The maximum absolute atomic E-state index is 9.15. The molecule has 18 heavy (non-hydrogen) atoms. The van der Waals surface area contributed by atoms with Gasteiger partial charge in [0.2, 0.25) is 11.5 Å². The molecule has 0 fully saturated rings. The zero-order chi connectivity index (χ0) is 13.7. The summed E-state index contributed by atoms with van der Waals surface area (Å²) in [5.41, 5.74) is 1.73. The molecule has 1 N–H and O–H groups in total. The van der Waals surface area contributed by atoms with Crippen LogP contribution in [0, 0.1) is 6.92 Å². The van der Waals surface area contributed by atoms with Gasteiger partial charge in [-0.05, 0) is 13.3 Å². The minimum Gasteiger partial charge on any atom is -0.492 e. The highest BCUT2D eigenvalue weighted by molar-refractivity contribution is 5.66. The first-order valence-corrected chi connectivity index (χ1v) is 5.62. The molecule has 0 bridgehead atoms. The van der Waals surface area contributed by atoms with E-state index in [0.717, 1.165) is 11.1 Å². The van der Waals surface area contributed by atoms with Crippen LogP contribution in [0.1, 0.15) is 11.1 Å². The summed E-state index contributed by atoms with van der Waals surface area (Å²) in [7, 11) is 6.21. The number of ether oxygens (including phenoxy) is 4. The van der Waals surface area contributed by atoms with E-state index < -0.39 is 0 Å². The standard InChI is InChI=1S/C13H20O5/c1-8-9(6-7-14)11(16-3)13(18-5)12(17-4)10(8)15-2/h14H,6-7H2,1-5H3. The average Bonchev–Trinajstić information content (AvgIpc) is 2.39. The van der Waals surface area contributed by atoms with Crippen LogP contribution in [-0.4, -0.2) is 40.2 Å². The molecule has 0 saturated carbocycles. The number of aliphatic hydroxyl groups is 1. The smallest absolute Gasteiger partial charge is 0.207 e. The summed E-state index contributed by atoms with van der Waals surface area (Å²) in [6, 6.07) is 0. The van der Waals surface area contributed by atoms with E-state index in [4.69, 9.17) is 24.1 Å². The minimum atomic E-state index is 0.0236. The van der Waals surface area contributed by atoms with Gasteiger partial charge in [0.05, 0.1) is 28.4 Å². The lowest BCUT2D eigenvalue weighted by Crippen LogP contribution is -2.06. The molecular weight excluding hydrogens is 236 g/mol. The molecule has 1 aromatic rings. The van der Waals surface area contributed by atoms with Crippen molar-refractivity contribution in [2.45, 2.75) is 13.3 Å². The lowest BCUT2D eigenvalue weighted by atomic mass is 10.0. The molecule has 0 heterocycles. The Morgan fingerprint density at radius 3 is 1.61 bits per heavy atom. The molecule has 5 heteroatoms. The summed E-state index contributed by atoms with van der Waals surface area (Å²) in [6.07, 6.45) is 0.464. The van der Waals surface area contributed by atoms with Gasteiger partial charge < -0.3 is 24.1 Å². The van der Waals surface area contributed by atoms with Crippen molar-refractivity contribution in [2.75, 3.05) is 35.0 Å². The van der Waals surface area contributed by atoms with E-state index in [1.165, 1.54) is 7.11 Å². The lowest BCUT2D eigenvalue weighted by molar-refractivity contribution is 0.286. The van der Waals surface area contributed by atoms with Crippen LogP contribution in [0.15, 0.2) is 0 Å². The van der Waals surface area contributed by atoms with Crippen LogP contribution in [-0.2, 0) is 6.42 Å². The van der Waals surface area contributed by atoms with Gasteiger partial charge in [-0.3, -0.25) is 0 Å². The van der Waals surface area contributed by atoms with Crippen LogP contribution in [0.3, 0.4) is 0 Å².